The Bertz CT molecular complexity index is 1800. The minimum absolute atomic E-state index is 0.00286. The maximum atomic E-state index is 13.7. The molecule has 12 heteroatoms. The quantitative estimate of drug-likeness (QED) is 0.246. The van der Waals surface area contributed by atoms with Crippen molar-refractivity contribution in [1.82, 2.24) is 9.62 Å². The number of nitrogens with zero attached hydrogens (tertiary/aromatic N) is 2. The molecular weight excluding hydrogens is 607 g/mol. The Balaban J connectivity index is 1.24. The fraction of sp³-hybridized carbons (Fsp3) is 0.273. The van der Waals surface area contributed by atoms with Crippen LogP contribution in [-0.2, 0) is 10.0 Å². The average Bonchev–Trinajstić information content (AvgIpc) is 3.03. The standard InChI is InChI=1S/C33H32F3N3O5S/c1-2-44-26-7-5-6-24(22-26)27-14-15-30(29-9-4-3-8-28(27)29)32(41)39-19-17-38(18-20-39)25-12-10-23(11-13-25)31(40)37-45(42,43)21-16-33(34,35)36/h3-15,22H,2,16-21H2,1H3,(H,37,40). The number of hydrogen-bond acceptors (Lipinski definition) is 6. The Morgan fingerprint density at radius 1 is 0.867 bits per heavy atom. The van der Waals surface area contributed by atoms with Gasteiger partial charge in [-0.25, -0.2) is 13.1 Å². The average molecular weight is 640 g/mol. The van der Waals surface area contributed by atoms with Crippen molar-refractivity contribution in [3.05, 3.63) is 96.1 Å². The number of amides is 2. The van der Waals surface area contributed by atoms with Crippen molar-refractivity contribution in [2.45, 2.75) is 19.5 Å². The van der Waals surface area contributed by atoms with E-state index in [-0.39, 0.29) is 11.5 Å². The molecule has 1 N–H and O–H groups in total. The first-order valence-electron chi connectivity index (χ1n) is 14.4. The van der Waals surface area contributed by atoms with Crippen LogP contribution in [0.1, 0.15) is 34.1 Å². The van der Waals surface area contributed by atoms with E-state index in [1.54, 1.807) is 21.8 Å². The predicted octanol–water partition coefficient (Wildman–Crippen LogP) is 5.88. The third kappa shape index (κ3) is 7.75. The van der Waals surface area contributed by atoms with Gasteiger partial charge in [0, 0.05) is 43.0 Å². The third-order valence-electron chi connectivity index (χ3n) is 7.57. The SMILES string of the molecule is CCOc1cccc(-c2ccc(C(=O)N3CCN(c4ccc(C(=O)NS(=O)(=O)CCC(F)(F)F)cc4)CC3)c3ccccc23)c1. The Morgan fingerprint density at radius 3 is 2.22 bits per heavy atom. The molecule has 2 amide bonds. The van der Waals surface area contributed by atoms with Crippen LogP contribution in [0.5, 0.6) is 5.75 Å². The van der Waals surface area contributed by atoms with Gasteiger partial charge in [0.1, 0.15) is 5.75 Å². The van der Waals surface area contributed by atoms with Gasteiger partial charge in [0.25, 0.3) is 11.8 Å². The highest BCUT2D eigenvalue weighted by atomic mass is 32.2. The minimum Gasteiger partial charge on any atom is -0.494 e. The number of nitrogens with one attached hydrogen (secondary N) is 1. The Morgan fingerprint density at radius 2 is 1.56 bits per heavy atom. The molecule has 8 nitrogen and oxygen atoms in total. The summed E-state index contributed by atoms with van der Waals surface area (Å²) in [5.74, 6) is -1.52. The van der Waals surface area contributed by atoms with Gasteiger partial charge in [-0.05, 0) is 71.3 Å². The topological polar surface area (TPSA) is 96.0 Å². The molecule has 0 saturated carbocycles. The number of fused-ring (bicyclic) bond motifs is 1. The van der Waals surface area contributed by atoms with Crippen LogP contribution in [0.3, 0.4) is 0 Å². The minimum atomic E-state index is -4.65. The molecule has 1 fully saturated rings. The van der Waals surface area contributed by atoms with Gasteiger partial charge in [-0.2, -0.15) is 13.2 Å². The normalized spacial score (nSPS) is 14.0. The van der Waals surface area contributed by atoms with E-state index in [2.05, 4.69) is 0 Å². The Labute approximate surface area is 259 Å². The van der Waals surface area contributed by atoms with E-state index in [1.807, 2.05) is 72.5 Å². The molecule has 4 aromatic rings. The van der Waals surface area contributed by atoms with Crippen LogP contribution >= 0.6 is 0 Å². The van der Waals surface area contributed by atoms with Crippen molar-refractivity contribution in [1.29, 1.82) is 0 Å². The molecule has 1 aliphatic rings. The van der Waals surface area contributed by atoms with Crippen molar-refractivity contribution in [2.75, 3.05) is 43.4 Å². The van der Waals surface area contributed by atoms with E-state index >= 15 is 0 Å². The molecule has 45 heavy (non-hydrogen) atoms. The molecule has 0 aliphatic carbocycles. The van der Waals surface area contributed by atoms with Crippen molar-refractivity contribution in [3.63, 3.8) is 0 Å². The summed E-state index contributed by atoms with van der Waals surface area (Å²) in [6.07, 6.45) is -6.20. The van der Waals surface area contributed by atoms with E-state index < -0.39 is 34.3 Å². The number of benzene rings is 4. The number of hydrogen-bond donors (Lipinski definition) is 1. The van der Waals surface area contributed by atoms with E-state index in [4.69, 9.17) is 4.74 Å². The van der Waals surface area contributed by atoms with Crippen LogP contribution in [0, 0.1) is 0 Å². The van der Waals surface area contributed by atoms with Gasteiger partial charge >= 0.3 is 6.18 Å². The summed E-state index contributed by atoms with van der Waals surface area (Å²) in [7, 11) is -4.44. The molecule has 0 spiro atoms. The van der Waals surface area contributed by atoms with Crippen molar-refractivity contribution in [2.24, 2.45) is 0 Å². The molecular formula is C33H32F3N3O5S. The second kappa shape index (κ2) is 13.2. The number of carbonyl (C=O) groups is 2. The van der Waals surface area contributed by atoms with Crippen LogP contribution in [0.15, 0.2) is 84.9 Å². The lowest BCUT2D eigenvalue weighted by Crippen LogP contribution is -2.48. The monoisotopic (exact) mass is 639 g/mol. The van der Waals surface area contributed by atoms with E-state index in [9.17, 15) is 31.2 Å². The first-order valence-corrected chi connectivity index (χ1v) is 16.1. The fourth-order valence-electron chi connectivity index (χ4n) is 5.32. The number of rotatable bonds is 9. The zero-order valence-corrected chi connectivity index (χ0v) is 25.3. The lowest BCUT2D eigenvalue weighted by atomic mass is 9.94. The molecule has 1 aliphatic heterocycles. The van der Waals surface area contributed by atoms with Gasteiger partial charge in [0.15, 0.2) is 0 Å². The third-order valence-corrected chi connectivity index (χ3v) is 8.81. The van der Waals surface area contributed by atoms with Crippen molar-refractivity contribution < 1.29 is 35.9 Å². The molecule has 236 valence electrons. The van der Waals surface area contributed by atoms with E-state index in [0.717, 1.165) is 33.3 Å². The van der Waals surface area contributed by atoms with Crippen LogP contribution in [0.2, 0.25) is 0 Å². The van der Waals surface area contributed by atoms with Crippen molar-refractivity contribution in [3.8, 4) is 16.9 Å². The number of anilines is 1. The van der Waals surface area contributed by atoms with Crippen molar-refractivity contribution >= 4 is 38.3 Å². The number of ether oxygens (including phenoxy) is 1. The summed E-state index contributed by atoms with van der Waals surface area (Å²) in [6.45, 7) is 4.49. The van der Waals surface area contributed by atoms with Crippen LogP contribution in [0.25, 0.3) is 21.9 Å². The highest BCUT2D eigenvalue weighted by Crippen LogP contribution is 2.33. The molecule has 4 aromatic carbocycles. The first kappa shape index (κ1) is 31.8. The Hall–Kier alpha value is -4.58. The highest BCUT2D eigenvalue weighted by molar-refractivity contribution is 7.90. The first-order chi connectivity index (χ1) is 21.4. The van der Waals surface area contributed by atoms with Gasteiger partial charge in [-0.1, -0.05) is 42.5 Å². The molecule has 0 atom stereocenters. The molecule has 5 rings (SSSR count). The van der Waals surface area contributed by atoms with Gasteiger partial charge in [-0.15, -0.1) is 0 Å². The van der Waals surface area contributed by atoms with Gasteiger partial charge in [-0.3, -0.25) is 9.59 Å². The molecule has 0 aromatic heterocycles. The van der Waals surface area contributed by atoms with Gasteiger partial charge < -0.3 is 14.5 Å². The van der Waals surface area contributed by atoms with Gasteiger partial charge in [0.05, 0.1) is 18.8 Å². The number of piperazine rings is 1. The summed E-state index contributed by atoms with van der Waals surface area (Å²) in [5, 5.41) is 1.83. The maximum Gasteiger partial charge on any atom is 0.390 e. The summed E-state index contributed by atoms with van der Waals surface area (Å²) in [6, 6.07) is 25.6. The number of halogens is 3. The zero-order chi connectivity index (χ0) is 32.2. The number of sulfonamides is 1. The predicted molar refractivity (Wildman–Crippen MR) is 167 cm³/mol. The van der Waals surface area contributed by atoms with E-state index in [0.29, 0.717) is 38.3 Å². The summed E-state index contributed by atoms with van der Waals surface area (Å²) >= 11 is 0. The lowest BCUT2D eigenvalue weighted by molar-refractivity contribution is -0.130. The fourth-order valence-corrected chi connectivity index (χ4v) is 6.32. The lowest BCUT2D eigenvalue weighted by Gasteiger charge is -2.36. The smallest absolute Gasteiger partial charge is 0.390 e. The second-order valence-electron chi connectivity index (χ2n) is 10.6. The largest absolute Gasteiger partial charge is 0.494 e. The molecule has 1 heterocycles. The van der Waals surface area contributed by atoms with Crippen LogP contribution < -0.4 is 14.4 Å². The van der Waals surface area contributed by atoms with Crippen LogP contribution in [-0.4, -0.2) is 69.8 Å². The Kier molecular flexibility index (Phi) is 9.33. The summed E-state index contributed by atoms with van der Waals surface area (Å²) in [5.41, 5.74) is 3.39. The molecule has 0 unspecified atom stereocenters. The highest BCUT2D eigenvalue weighted by Gasteiger charge is 2.31. The molecule has 1 saturated heterocycles. The number of carbonyl (C=O) groups excluding carboxylic acids is 2. The zero-order valence-electron chi connectivity index (χ0n) is 24.5. The maximum absolute atomic E-state index is 13.7. The van der Waals surface area contributed by atoms with Crippen LogP contribution in [0.4, 0.5) is 18.9 Å². The molecule has 0 radical (unpaired) electrons. The summed E-state index contributed by atoms with van der Waals surface area (Å²) in [4.78, 5) is 29.9. The summed E-state index contributed by atoms with van der Waals surface area (Å²) < 4.78 is 68.3. The number of alkyl halides is 3. The van der Waals surface area contributed by atoms with Gasteiger partial charge in [0.2, 0.25) is 10.0 Å². The van der Waals surface area contributed by atoms with E-state index in [1.165, 1.54) is 12.1 Å². The second-order valence-corrected chi connectivity index (χ2v) is 12.5. The molecule has 0 bridgehead atoms.